The SMILES string of the molecule is CCC1(C)OC23CCCCCN2CCCN3/C1=C/C(=O)OC. The Bertz CT molecular complexity index is 479. The molecule has 124 valence electrons. The summed E-state index contributed by atoms with van der Waals surface area (Å²) in [4.78, 5) is 16.7. The Morgan fingerprint density at radius 2 is 2.05 bits per heavy atom. The van der Waals surface area contributed by atoms with E-state index in [1.165, 1.54) is 26.4 Å². The van der Waals surface area contributed by atoms with Crippen molar-refractivity contribution in [1.82, 2.24) is 9.80 Å². The monoisotopic (exact) mass is 308 g/mol. The van der Waals surface area contributed by atoms with Gasteiger partial charge in [0, 0.05) is 32.1 Å². The van der Waals surface area contributed by atoms with Gasteiger partial charge in [-0.15, -0.1) is 0 Å². The lowest BCUT2D eigenvalue weighted by molar-refractivity contribution is -0.241. The lowest BCUT2D eigenvalue weighted by Gasteiger charge is -2.49. The normalized spacial score (nSPS) is 37.6. The van der Waals surface area contributed by atoms with Crippen LogP contribution < -0.4 is 0 Å². The maximum atomic E-state index is 11.9. The van der Waals surface area contributed by atoms with E-state index in [0.29, 0.717) is 0 Å². The molecule has 0 aromatic rings. The number of hydrogen-bond acceptors (Lipinski definition) is 5. The molecule has 3 fully saturated rings. The molecule has 3 saturated heterocycles. The van der Waals surface area contributed by atoms with Crippen molar-refractivity contribution in [3.8, 4) is 0 Å². The second-order valence-electron chi connectivity index (χ2n) is 6.79. The van der Waals surface area contributed by atoms with E-state index in [0.717, 1.165) is 44.6 Å². The lowest BCUT2D eigenvalue weighted by atomic mass is 9.98. The summed E-state index contributed by atoms with van der Waals surface area (Å²) < 4.78 is 11.6. The summed E-state index contributed by atoms with van der Waals surface area (Å²) in [5.74, 6) is -0.639. The van der Waals surface area contributed by atoms with Crippen LogP contribution in [-0.4, -0.2) is 54.0 Å². The van der Waals surface area contributed by atoms with Gasteiger partial charge in [-0.25, -0.2) is 4.79 Å². The van der Waals surface area contributed by atoms with E-state index in [4.69, 9.17) is 9.47 Å². The molecule has 1 spiro atoms. The summed E-state index contributed by atoms with van der Waals surface area (Å²) in [6.07, 6.45) is 8.30. The minimum atomic E-state index is -0.416. The van der Waals surface area contributed by atoms with Crippen molar-refractivity contribution in [3.63, 3.8) is 0 Å². The Morgan fingerprint density at radius 3 is 2.77 bits per heavy atom. The van der Waals surface area contributed by atoms with Crippen molar-refractivity contribution in [2.45, 2.75) is 63.8 Å². The number of hydrogen-bond donors (Lipinski definition) is 0. The van der Waals surface area contributed by atoms with Gasteiger partial charge in [-0.05, 0) is 32.6 Å². The molecule has 0 saturated carbocycles. The van der Waals surface area contributed by atoms with Crippen LogP contribution in [0.3, 0.4) is 0 Å². The predicted molar refractivity (Wildman–Crippen MR) is 84.0 cm³/mol. The van der Waals surface area contributed by atoms with Gasteiger partial charge in [-0.1, -0.05) is 13.3 Å². The summed E-state index contributed by atoms with van der Waals surface area (Å²) in [5.41, 5.74) is 0.578. The van der Waals surface area contributed by atoms with Crippen molar-refractivity contribution in [2.24, 2.45) is 0 Å². The number of carbonyl (C=O) groups is 1. The van der Waals surface area contributed by atoms with Crippen LogP contribution in [0, 0.1) is 0 Å². The van der Waals surface area contributed by atoms with Crippen LogP contribution in [0.1, 0.15) is 52.4 Å². The van der Waals surface area contributed by atoms with Gasteiger partial charge in [0.1, 0.15) is 5.60 Å². The highest BCUT2D eigenvalue weighted by molar-refractivity contribution is 5.83. The molecule has 2 atom stereocenters. The molecule has 3 rings (SSSR count). The average molecular weight is 308 g/mol. The van der Waals surface area contributed by atoms with Crippen LogP contribution in [0.15, 0.2) is 11.8 Å². The third-order valence-corrected chi connectivity index (χ3v) is 5.51. The highest BCUT2D eigenvalue weighted by atomic mass is 16.6. The fraction of sp³-hybridized carbons (Fsp3) is 0.824. The maximum Gasteiger partial charge on any atom is 0.332 e. The summed E-state index contributed by atoms with van der Waals surface area (Å²) in [6.45, 7) is 7.36. The van der Waals surface area contributed by atoms with Crippen molar-refractivity contribution >= 4 is 5.97 Å². The number of rotatable bonds is 2. The second-order valence-corrected chi connectivity index (χ2v) is 6.79. The number of esters is 1. The Morgan fingerprint density at radius 1 is 1.27 bits per heavy atom. The minimum Gasteiger partial charge on any atom is -0.466 e. The number of methoxy groups -OCH3 is 1. The molecule has 0 aromatic heterocycles. The van der Waals surface area contributed by atoms with Crippen LogP contribution in [0.25, 0.3) is 0 Å². The molecule has 0 aliphatic carbocycles. The average Bonchev–Trinajstić information content (AvgIpc) is 2.65. The Balaban J connectivity index is 2.04. The van der Waals surface area contributed by atoms with Crippen molar-refractivity contribution in [1.29, 1.82) is 0 Å². The third-order valence-electron chi connectivity index (χ3n) is 5.51. The molecule has 3 aliphatic heterocycles. The molecule has 0 N–H and O–H groups in total. The van der Waals surface area contributed by atoms with E-state index in [1.807, 2.05) is 0 Å². The van der Waals surface area contributed by atoms with Gasteiger partial charge in [0.25, 0.3) is 0 Å². The molecule has 5 heteroatoms. The molecule has 0 aromatic carbocycles. The first-order chi connectivity index (χ1) is 10.6. The summed E-state index contributed by atoms with van der Waals surface area (Å²) in [7, 11) is 1.43. The zero-order chi connectivity index (χ0) is 15.8. The topological polar surface area (TPSA) is 42.0 Å². The standard InChI is InChI=1S/C17H28N2O3/c1-4-16(2)14(13-15(20)21-3)19-12-8-11-18-10-7-5-6-9-17(18,19)22-16/h13H,4-12H2,1-3H3/b14-13+. The number of carbonyl (C=O) groups excluding carboxylic acids is 1. The number of nitrogens with zero attached hydrogens (tertiary/aromatic N) is 2. The summed E-state index contributed by atoms with van der Waals surface area (Å²) >= 11 is 0. The van der Waals surface area contributed by atoms with E-state index in [9.17, 15) is 4.79 Å². The molecule has 5 nitrogen and oxygen atoms in total. The summed E-state index contributed by atoms with van der Waals surface area (Å²) in [6, 6.07) is 0. The highest BCUT2D eigenvalue weighted by Crippen LogP contribution is 2.50. The number of ether oxygens (including phenoxy) is 2. The molecule has 3 aliphatic rings. The Labute approximate surface area is 133 Å². The highest BCUT2D eigenvalue weighted by Gasteiger charge is 2.58. The van der Waals surface area contributed by atoms with Crippen LogP contribution in [0.4, 0.5) is 0 Å². The first kappa shape index (κ1) is 15.8. The van der Waals surface area contributed by atoms with E-state index in [-0.39, 0.29) is 11.8 Å². The van der Waals surface area contributed by atoms with Crippen LogP contribution >= 0.6 is 0 Å². The molecule has 3 heterocycles. The first-order valence-corrected chi connectivity index (χ1v) is 8.59. The molecular weight excluding hydrogens is 280 g/mol. The van der Waals surface area contributed by atoms with Gasteiger partial charge in [0.2, 0.25) is 5.85 Å². The molecule has 22 heavy (non-hydrogen) atoms. The molecule has 2 unspecified atom stereocenters. The lowest BCUT2D eigenvalue weighted by Crippen LogP contribution is -2.61. The smallest absolute Gasteiger partial charge is 0.332 e. The predicted octanol–water partition coefficient (Wildman–Crippen LogP) is 2.48. The van der Waals surface area contributed by atoms with Gasteiger partial charge in [0.05, 0.1) is 12.8 Å². The van der Waals surface area contributed by atoms with Crippen molar-refractivity contribution < 1.29 is 14.3 Å². The largest absolute Gasteiger partial charge is 0.466 e. The minimum absolute atomic E-state index is 0.291. The van der Waals surface area contributed by atoms with Gasteiger partial charge in [0.15, 0.2) is 0 Å². The molecular formula is C17H28N2O3. The van der Waals surface area contributed by atoms with Crippen LogP contribution in [-0.2, 0) is 14.3 Å². The van der Waals surface area contributed by atoms with Gasteiger partial charge < -0.3 is 14.4 Å². The van der Waals surface area contributed by atoms with Gasteiger partial charge >= 0.3 is 5.97 Å². The second kappa shape index (κ2) is 5.85. The van der Waals surface area contributed by atoms with E-state index >= 15 is 0 Å². The van der Waals surface area contributed by atoms with Gasteiger partial charge in [-0.3, -0.25) is 4.90 Å². The van der Waals surface area contributed by atoms with Gasteiger partial charge in [-0.2, -0.15) is 0 Å². The van der Waals surface area contributed by atoms with Crippen molar-refractivity contribution in [2.75, 3.05) is 26.7 Å². The van der Waals surface area contributed by atoms with E-state index < -0.39 is 5.60 Å². The van der Waals surface area contributed by atoms with Crippen LogP contribution in [0.5, 0.6) is 0 Å². The fourth-order valence-electron chi connectivity index (χ4n) is 4.19. The fourth-order valence-corrected chi connectivity index (χ4v) is 4.19. The van der Waals surface area contributed by atoms with E-state index in [2.05, 4.69) is 23.6 Å². The zero-order valence-electron chi connectivity index (χ0n) is 14.1. The zero-order valence-corrected chi connectivity index (χ0v) is 14.1. The first-order valence-electron chi connectivity index (χ1n) is 8.59. The van der Waals surface area contributed by atoms with Crippen molar-refractivity contribution in [3.05, 3.63) is 11.8 Å². The van der Waals surface area contributed by atoms with E-state index in [1.54, 1.807) is 6.08 Å². The quantitative estimate of drug-likeness (QED) is 0.579. The summed E-state index contributed by atoms with van der Waals surface area (Å²) in [5, 5.41) is 0. The molecule has 0 amide bonds. The Kier molecular flexibility index (Phi) is 4.21. The molecule has 0 bridgehead atoms. The maximum absolute atomic E-state index is 11.9. The van der Waals surface area contributed by atoms with Crippen LogP contribution in [0.2, 0.25) is 0 Å². The molecule has 0 radical (unpaired) electrons. The Hall–Kier alpha value is -1.07. The third kappa shape index (κ3) is 2.35.